The van der Waals surface area contributed by atoms with Gasteiger partial charge in [0.25, 0.3) is 0 Å². The van der Waals surface area contributed by atoms with Crippen molar-refractivity contribution >= 4 is 29.2 Å². The van der Waals surface area contributed by atoms with Crippen LogP contribution in [0.3, 0.4) is 0 Å². The van der Waals surface area contributed by atoms with Crippen molar-refractivity contribution in [1.82, 2.24) is 25.0 Å². The Hall–Kier alpha value is -2.44. The van der Waals surface area contributed by atoms with Crippen LogP contribution < -0.4 is 10.6 Å². The molecule has 0 spiro atoms. The highest BCUT2D eigenvalue weighted by molar-refractivity contribution is 6.41. The average Bonchev–Trinajstić information content (AvgIpc) is 3.29. The SMILES string of the molecule is CCNC(=NCc1cccc(-n2cccn2)c1)NCc1cc(Cl)c(Cl)n1C. The van der Waals surface area contributed by atoms with Crippen LogP contribution in [0, 0.1) is 0 Å². The number of hydrogen-bond acceptors (Lipinski definition) is 2. The van der Waals surface area contributed by atoms with E-state index in [2.05, 4.69) is 32.9 Å². The fourth-order valence-electron chi connectivity index (χ4n) is 2.66. The van der Waals surface area contributed by atoms with Crippen molar-refractivity contribution in [1.29, 1.82) is 0 Å². The number of nitrogens with one attached hydrogen (secondary N) is 2. The molecule has 142 valence electrons. The zero-order chi connectivity index (χ0) is 19.2. The molecular formula is C19H22Cl2N6. The number of halogens is 2. The lowest BCUT2D eigenvalue weighted by atomic mass is 10.2. The Morgan fingerprint density at radius 1 is 1.19 bits per heavy atom. The second-order valence-electron chi connectivity index (χ2n) is 6.00. The smallest absolute Gasteiger partial charge is 0.191 e. The number of benzene rings is 1. The van der Waals surface area contributed by atoms with Gasteiger partial charge in [-0.25, -0.2) is 9.67 Å². The number of aromatic nitrogens is 3. The van der Waals surface area contributed by atoms with Crippen LogP contribution in [-0.2, 0) is 20.1 Å². The van der Waals surface area contributed by atoms with Gasteiger partial charge in [0.1, 0.15) is 5.15 Å². The minimum absolute atomic E-state index is 0.533. The Labute approximate surface area is 168 Å². The molecule has 3 rings (SSSR count). The summed E-state index contributed by atoms with van der Waals surface area (Å²) >= 11 is 12.2. The van der Waals surface area contributed by atoms with Crippen LogP contribution in [0.5, 0.6) is 0 Å². The lowest BCUT2D eigenvalue weighted by Crippen LogP contribution is -2.37. The van der Waals surface area contributed by atoms with E-state index in [0.29, 0.717) is 23.3 Å². The molecular weight excluding hydrogens is 383 g/mol. The van der Waals surface area contributed by atoms with E-state index >= 15 is 0 Å². The number of rotatable bonds is 6. The molecule has 0 atom stereocenters. The van der Waals surface area contributed by atoms with E-state index in [9.17, 15) is 0 Å². The summed E-state index contributed by atoms with van der Waals surface area (Å²) in [5.74, 6) is 0.732. The van der Waals surface area contributed by atoms with Crippen LogP contribution >= 0.6 is 23.2 Å². The molecule has 27 heavy (non-hydrogen) atoms. The number of guanidine groups is 1. The van der Waals surface area contributed by atoms with Crippen LogP contribution in [-0.4, -0.2) is 26.9 Å². The maximum absolute atomic E-state index is 6.12. The van der Waals surface area contributed by atoms with E-state index in [-0.39, 0.29) is 0 Å². The van der Waals surface area contributed by atoms with Gasteiger partial charge in [0.05, 0.1) is 23.8 Å². The quantitative estimate of drug-likeness (QED) is 0.485. The van der Waals surface area contributed by atoms with Crippen LogP contribution in [0.15, 0.2) is 53.8 Å². The van der Waals surface area contributed by atoms with E-state index in [1.807, 2.05) is 53.7 Å². The summed E-state index contributed by atoms with van der Waals surface area (Å²) in [7, 11) is 1.88. The van der Waals surface area contributed by atoms with Gasteiger partial charge in [-0.15, -0.1) is 0 Å². The molecule has 0 aliphatic carbocycles. The zero-order valence-corrected chi connectivity index (χ0v) is 16.8. The highest BCUT2D eigenvalue weighted by atomic mass is 35.5. The number of aliphatic imine (C=N–C) groups is 1. The molecule has 0 aliphatic heterocycles. The van der Waals surface area contributed by atoms with Gasteiger partial charge in [0.15, 0.2) is 5.96 Å². The van der Waals surface area contributed by atoms with Crippen molar-refractivity contribution in [2.75, 3.05) is 6.54 Å². The Morgan fingerprint density at radius 2 is 2.04 bits per heavy atom. The molecule has 1 aromatic carbocycles. The highest BCUT2D eigenvalue weighted by Gasteiger charge is 2.09. The Balaban J connectivity index is 1.68. The number of nitrogens with zero attached hydrogens (tertiary/aromatic N) is 4. The molecule has 0 fully saturated rings. The number of hydrogen-bond donors (Lipinski definition) is 2. The first kappa shape index (κ1) is 19.3. The third-order valence-electron chi connectivity index (χ3n) is 4.10. The predicted molar refractivity (Wildman–Crippen MR) is 111 cm³/mol. The molecule has 2 aromatic heterocycles. The van der Waals surface area contributed by atoms with Crippen molar-refractivity contribution in [2.24, 2.45) is 12.0 Å². The molecule has 0 radical (unpaired) electrons. The molecule has 2 N–H and O–H groups in total. The summed E-state index contributed by atoms with van der Waals surface area (Å²) in [5.41, 5.74) is 3.10. The molecule has 8 heteroatoms. The molecule has 0 unspecified atom stereocenters. The van der Waals surface area contributed by atoms with E-state index < -0.39 is 0 Å². The van der Waals surface area contributed by atoms with E-state index in [0.717, 1.165) is 29.4 Å². The first-order chi connectivity index (χ1) is 13.1. The molecule has 0 bridgehead atoms. The van der Waals surface area contributed by atoms with E-state index in [4.69, 9.17) is 23.2 Å². The predicted octanol–water partition coefficient (Wildman–Crippen LogP) is 3.77. The standard InChI is InChI=1S/C19H22Cl2N6/c1-3-22-19(24-13-16-11-17(20)18(21)26(16)2)23-12-14-6-4-7-15(10-14)27-9-5-8-25-27/h4-11H,3,12-13H2,1-2H3,(H2,22,23,24). The molecule has 2 heterocycles. The van der Waals surface area contributed by atoms with Crippen LogP contribution in [0.25, 0.3) is 5.69 Å². The third kappa shape index (κ3) is 4.84. The van der Waals surface area contributed by atoms with E-state index in [1.165, 1.54) is 0 Å². The Kier molecular flexibility index (Phi) is 6.42. The van der Waals surface area contributed by atoms with Crippen LogP contribution in [0.1, 0.15) is 18.2 Å². The molecule has 3 aromatic rings. The highest BCUT2D eigenvalue weighted by Crippen LogP contribution is 2.24. The van der Waals surface area contributed by atoms with Gasteiger partial charge in [-0.05, 0) is 36.8 Å². The first-order valence-electron chi connectivity index (χ1n) is 8.69. The molecule has 0 saturated heterocycles. The van der Waals surface area contributed by atoms with E-state index in [1.54, 1.807) is 6.20 Å². The third-order valence-corrected chi connectivity index (χ3v) is 4.94. The molecule has 6 nitrogen and oxygen atoms in total. The normalized spacial score (nSPS) is 11.6. The fraction of sp³-hybridized carbons (Fsp3) is 0.263. The van der Waals surface area contributed by atoms with Crippen molar-refractivity contribution in [3.8, 4) is 5.69 Å². The minimum atomic E-state index is 0.533. The zero-order valence-electron chi connectivity index (χ0n) is 15.3. The second kappa shape index (κ2) is 8.97. The molecule has 0 saturated carbocycles. The van der Waals surface area contributed by atoms with Gasteiger partial charge in [-0.3, -0.25) is 0 Å². The van der Waals surface area contributed by atoms with Gasteiger partial charge in [0, 0.05) is 31.7 Å². The lowest BCUT2D eigenvalue weighted by molar-refractivity contribution is 0.752. The molecule has 0 aliphatic rings. The van der Waals surface area contributed by atoms with Gasteiger partial charge in [-0.1, -0.05) is 35.3 Å². The summed E-state index contributed by atoms with van der Waals surface area (Å²) in [6, 6.07) is 11.9. The van der Waals surface area contributed by atoms with Gasteiger partial charge >= 0.3 is 0 Å². The maximum Gasteiger partial charge on any atom is 0.191 e. The largest absolute Gasteiger partial charge is 0.357 e. The van der Waals surface area contributed by atoms with Crippen molar-refractivity contribution in [3.05, 3.63) is 70.2 Å². The Morgan fingerprint density at radius 3 is 2.70 bits per heavy atom. The molecule has 0 amide bonds. The van der Waals surface area contributed by atoms with Crippen LogP contribution in [0.4, 0.5) is 0 Å². The van der Waals surface area contributed by atoms with Crippen LogP contribution in [0.2, 0.25) is 10.2 Å². The van der Waals surface area contributed by atoms with Gasteiger partial charge < -0.3 is 15.2 Å². The second-order valence-corrected chi connectivity index (χ2v) is 6.77. The topological polar surface area (TPSA) is 59.2 Å². The first-order valence-corrected chi connectivity index (χ1v) is 9.44. The summed E-state index contributed by atoms with van der Waals surface area (Å²) in [6.07, 6.45) is 3.68. The monoisotopic (exact) mass is 404 g/mol. The summed E-state index contributed by atoms with van der Waals surface area (Å²) in [6.45, 7) is 3.93. The van der Waals surface area contributed by atoms with Crippen molar-refractivity contribution in [2.45, 2.75) is 20.0 Å². The van der Waals surface area contributed by atoms with Crippen molar-refractivity contribution in [3.63, 3.8) is 0 Å². The van der Waals surface area contributed by atoms with Crippen molar-refractivity contribution < 1.29 is 0 Å². The minimum Gasteiger partial charge on any atom is -0.357 e. The summed E-state index contributed by atoms with van der Waals surface area (Å²) in [4.78, 5) is 4.67. The lowest BCUT2D eigenvalue weighted by Gasteiger charge is -2.12. The fourth-order valence-corrected chi connectivity index (χ4v) is 3.08. The summed E-state index contributed by atoms with van der Waals surface area (Å²) < 4.78 is 3.69. The van der Waals surface area contributed by atoms with Gasteiger partial charge in [-0.2, -0.15) is 5.10 Å². The summed E-state index contributed by atoms with van der Waals surface area (Å²) in [5, 5.41) is 11.9. The Bertz CT molecular complexity index is 914. The average molecular weight is 405 g/mol. The van der Waals surface area contributed by atoms with Gasteiger partial charge in [0.2, 0.25) is 0 Å². The maximum atomic E-state index is 6.12.